The molecule has 6 heterocycles. The molecule has 3 atom stereocenters. The van der Waals surface area contributed by atoms with Gasteiger partial charge in [0.2, 0.25) is 0 Å². The molecule has 0 aromatic carbocycles. The molecule has 510 valence electrons. The molecule has 0 bridgehead atoms. The molecular weight excluding hydrogens is 1180 g/mol. The zero-order chi connectivity index (χ0) is 63.6. The quantitative estimate of drug-likeness (QED) is 0.0485. The van der Waals surface area contributed by atoms with Gasteiger partial charge in [-0.2, -0.15) is 35.1 Å². The number of hydrogen-bond donors (Lipinski definition) is 2. The van der Waals surface area contributed by atoms with E-state index in [-0.39, 0.29) is 4.13 Å². The number of unbranched alkanes of at least 4 members (excludes halogenated alkanes) is 30. The van der Waals surface area contributed by atoms with Gasteiger partial charge in [0.25, 0.3) is 31.9 Å². The lowest BCUT2D eigenvalue weighted by molar-refractivity contribution is -0.307. The number of hydrogen-bond acceptors (Lipinski definition) is 8. The fourth-order valence-electron chi connectivity index (χ4n) is 12.5. The highest BCUT2D eigenvalue weighted by Gasteiger charge is 2.86. The molecule has 5 saturated heterocycles. The molecule has 0 saturated carbocycles. The van der Waals surface area contributed by atoms with Crippen molar-refractivity contribution in [2.45, 2.75) is 324 Å². The van der Waals surface area contributed by atoms with Gasteiger partial charge < -0.3 is 15.5 Å². The lowest BCUT2D eigenvalue weighted by Gasteiger charge is -2.44. The second-order valence-corrected chi connectivity index (χ2v) is 28.9. The summed E-state index contributed by atoms with van der Waals surface area (Å²) in [5.74, 6) is -18.1. The van der Waals surface area contributed by atoms with Gasteiger partial charge >= 0.3 is 22.4 Å². The van der Waals surface area contributed by atoms with Gasteiger partial charge in [0.1, 0.15) is 5.84 Å². The van der Waals surface area contributed by atoms with Crippen LogP contribution in [0.2, 0.25) is 0 Å². The third-order valence-corrected chi connectivity index (χ3v) is 21.5. The van der Waals surface area contributed by atoms with Crippen LogP contribution in [-0.4, -0.2) is 125 Å². The normalized spacial score (nSPS) is 25.0. The summed E-state index contributed by atoms with van der Waals surface area (Å²) < 4.78 is 189. The number of rotatable bonds is 34. The Morgan fingerprint density at radius 3 is 1.26 bits per heavy atom. The summed E-state index contributed by atoms with van der Waals surface area (Å²) in [5, 5.41) is -6.04. The maximum Gasteiger partial charge on any atom is 0.429 e. The Labute approximate surface area is 511 Å². The predicted octanol–water partition coefficient (Wildman–Crippen LogP) is 19.0. The van der Waals surface area contributed by atoms with E-state index in [0.717, 1.165) is 18.4 Å². The largest absolute Gasteiger partial charge is 0.652 e. The fraction of sp³-hybridized carbons (Fsp3) is 0.984. The summed E-state index contributed by atoms with van der Waals surface area (Å²) >= 11 is 0. The van der Waals surface area contributed by atoms with Crippen LogP contribution in [0.3, 0.4) is 0 Å². The zero-order valence-corrected chi connectivity index (χ0v) is 54.0. The second-order valence-electron chi connectivity index (χ2n) is 25.2. The summed E-state index contributed by atoms with van der Waals surface area (Å²) in [5.41, 5.74) is 0. The molecule has 3 unspecified atom stereocenters. The van der Waals surface area contributed by atoms with Crippen molar-refractivity contribution in [2.75, 3.05) is 52.4 Å². The fourth-order valence-corrected chi connectivity index (χ4v) is 15.5. The summed E-state index contributed by atoms with van der Waals surface area (Å²) in [4.78, 5) is 10.3. The Bertz CT molecular complexity index is 2000. The van der Waals surface area contributed by atoms with E-state index in [4.69, 9.17) is 4.99 Å². The topological polar surface area (TPSA) is 125 Å². The van der Waals surface area contributed by atoms with Gasteiger partial charge in [-0.3, -0.25) is 9.89 Å². The van der Waals surface area contributed by atoms with Crippen LogP contribution >= 0.6 is 0 Å². The average Bonchev–Trinajstić information content (AvgIpc) is 0.754. The van der Waals surface area contributed by atoms with Crippen LogP contribution in [-0.2, 0) is 20.0 Å². The summed E-state index contributed by atoms with van der Waals surface area (Å²) in [6.07, 6.45) is 61.7. The van der Waals surface area contributed by atoms with Crippen molar-refractivity contribution in [3.8, 4) is 0 Å². The van der Waals surface area contributed by atoms with Gasteiger partial charge in [-0.1, -0.05) is 249 Å². The number of fused-ring (bicyclic) bond motifs is 2. The highest BCUT2D eigenvalue weighted by atomic mass is 32.3. The number of amidine groups is 1. The van der Waals surface area contributed by atoms with Crippen LogP contribution in [0.15, 0.2) is 4.99 Å². The van der Waals surface area contributed by atoms with E-state index in [1.54, 1.807) is 0 Å². The number of nitrogens with one attached hydrogen (secondary N) is 2. The Morgan fingerprint density at radius 2 is 0.826 bits per heavy atom. The molecule has 6 aliphatic heterocycles. The lowest BCUT2D eigenvalue weighted by Crippen LogP contribution is -2.70. The number of halogens is 12. The number of aliphatic imine (C=N–C) groups is 1. The van der Waals surface area contributed by atoms with E-state index in [9.17, 15) is 69.5 Å². The highest BCUT2D eigenvalue weighted by molar-refractivity contribution is 8.06. The van der Waals surface area contributed by atoms with Crippen LogP contribution < -0.4 is 9.44 Å². The van der Waals surface area contributed by atoms with Gasteiger partial charge in [-0.25, -0.2) is 34.4 Å². The van der Waals surface area contributed by atoms with Crippen LogP contribution in [0.25, 0.3) is 5.32 Å². The molecule has 0 radical (unpaired) electrons. The minimum atomic E-state index is -6.57. The molecule has 6 aliphatic rings. The molecular formula is C62H111F12N6O4S2-. The Kier molecular flexibility index (Phi) is 36.9. The molecule has 0 aliphatic carbocycles. The van der Waals surface area contributed by atoms with E-state index in [0.29, 0.717) is 6.17 Å². The third-order valence-electron chi connectivity index (χ3n) is 17.9. The molecule has 0 amide bonds. The van der Waals surface area contributed by atoms with Crippen molar-refractivity contribution in [3.05, 3.63) is 5.32 Å². The van der Waals surface area contributed by atoms with E-state index in [1.165, 1.54) is 308 Å². The van der Waals surface area contributed by atoms with Crippen LogP contribution in [0.5, 0.6) is 0 Å². The first kappa shape index (κ1) is 78.6. The molecule has 24 heteroatoms. The smallest absolute Gasteiger partial charge is 0.429 e. The number of nitrogens with zero attached hydrogens (tertiary/aromatic N) is 4. The number of sulfonamides is 2. The SMILES string of the molecule is CCCCCCCCCCCCCCCCCCC1CCCCN2CCCN=C12.CCCCCCCCCCCCCCCCCCC1CCCCN2CCCNC12.FC1(F)C[N-]CC(F)(F)C1(F)F.O=S1(=O)NS(=O)(=O)C(F)(F)C(F)(F)C1(F)F. The molecule has 2 N–H and O–H groups in total. The van der Waals surface area contributed by atoms with Crippen molar-refractivity contribution in [1.82, 2.24) is 19.2 Å². The summed E-state index contributed by atoms with van der Waals surface area (Å²) in [6.45, 7) is 9.07. The maximum atomic E-state index is 12.5. The van der Waals surface area contributed by atoms with Crippen molar-refractivity contribution in [2.24, 2.45) is 16.8 Å². The highest BCUT2D eigenvalue weighted by Crippen LogP contribution is 2.54. The van der Waals surface area contributed by atoms with Crippen LogP contribution in [0.1, 0.15) is 284 Å². The second kappa shape index (κ2) is 40.4. The van der Waals surface area contributed by atoms with Crippen LogP contribution in [0.4, 0.5) is 52.7 Å². The van der Waals surface area contributed by atoms with E-state index in [2.05, 4.69) is 34.3 Å². The van der Waals surface area contributed by atoms with Crippen molar-refractivity contribution < 1.29 is 69.5 Å². The molecule has 86 heavy (non-hydrogen) atoms. The van der Waals surface area contributed by atoms with Gasteiger partial charge in [-0.05, 0) is 70.4 Å². The van der Waals surface area contributed by atoms with Crippen molar-refractivity contribution in [3.63, 3.8) is 0 Å². The molecule has 0 spiro atoms. The summed E-state index contributed by atoms with van der Waals surface area (Å²) in [7, 11) is -12.9. The molecule has 6 rings (SSSR count). The standard InChI is InChI=1S/C27H54N2.C27H52N2.C5H4F6N.C3HF6NO4S2/c2*1-2-3-4-5-6-7-8-9-10-11-12-13-14-15-16-17-21-26-22-18-19-24-29-25-20-23-28-27(26)29;6-3(7)1-12-2-4(8,9)5(3,10)11;4-1(5)2(6,7)15(11,12)10-16(13,14)3(1,8)9/h26-28H,2-25H2,1H3;26H,2-25H2,1H3;1-2H2;10H/q;;-1;. The average molecular weight is 1300 g/mol. The Morgan fingerprint density at radius 1 is 0.453 bits per heavy atom. The number of alkyl halides is 12. The Balaban J connectivity index is 0.000000318. The molecule has 0 aromatic rings. The third kappa shape index (κ3) is 25.5. The van der Waals surface area contributed by atoms with Gasteiger partial charge in [0.05, 0.1) is 6.17 Å². The van der Waals surface area contributed by atoms with E-state index >= 15 is 0 Å². The van der Waals surface area contributed by atoms with Gasteiger partial charge in [-0.15, -0.1) is 0 Å². The number of piperidine rings is 1. The van der Waals surface area contributed by atoms with Gasteiger partial charge in [0.15, 0.2) is 0 Å². The van der Waals surface area contributed by atoms with Gasteiger partial charge in [0, 0.05) is 32.1 Å². The molecule has 0 aromatic heterocycles. The minimum Gasteiger partial charge on any atom is -0.652 e. The van der Waals surface area contributed by atoms with Crippen LogP contribution in [0, 0.1) is 11.8 Å². The molecule has 10 nitrogen and oxygen atoms in total. The first-order valence-corrected chi connectivity index (χ1v) is 36.7. The first-order chi connectivity index (χ1) is 40.7. The molecule has 5 fully saturated rings. The predicted molar refractivity (Wildman–Crippen MR) is 323 cm³/mol. The lowest BCUT2D eigenvalue weighted by atomic mass is 9.92. The van der Waals surface area contributed by atoms with Crippen molar-refractivity contribution in [1.29, 1.82) is 0 Å². The summed E-state index contributed by atoms with van der Waals surface area (Å²) in [6, 6.07) is 0. The monoisotopic (exact) mass is 1300 g/mol. The zero-order valence-electron chi connectivity index (χ0n) is 52.4. The van der Waals surface area contributed by atoms with Crippen molar-refractivity contribution >= 4 is 25.9 Å². The van der Waals surface area contributed by atoms with E-state index < -0.39 is 67.3 Å². The minimum absolute atomic E-state index is 0.167. The Hall–Kier alpha value is -1.63. The first-order valence-electron chi connectivity index (χ1n) is 33.7. The van der Waals surface area contributed by atoms with E-state index in [1.807, 2.05) is 0 Å². The maximum absolute atomic E-state index is 12.5.